The molecule has 0 atom stereocenters. The first-order valence-corrected chi connectivity index (χ1v) is 2.54. The van der Waals surface area contributed by atoms with Crippen molar-refractivity contribution in [2.24, 2.45) is 0 Å². The van der Waals surface area contributed by atoms with Crippen molar-refractivity contribution in [2.75, 3.05) is 0 Å². The van der Waals surface area contributed by atoms with Gasteiger partial charge in [0.15, 0.2) is 0 Å². The summed E-state index contributed by atoms with van der Waals surface area (Å²) in [4.78, 5) is 0. The average Bonchev–Trinajstić information content (AvgIpc) is 1.77. The van der Waals surface area contributed by atoms with E-state index in [9.17, 15) is 0 Å². The topological polar surface area (TPSA) is 20.2 Å². The van der Waals surface area contributed by atoms with Crippen LogP contribution in [0, 0.1) is 6.92 Å². The second-order valence-corrected chi connectivity index (χ2v) is 1.84. The molecule has 53 valence electrons. The van der Waals surface area contributed by atoms with Gasteiger partial charge in [-0.05, 0) is 19.1 Å². The quantitative estimate of drug-likeness (QED) is 0.590. The van der Waals surface area contributed by atoms with Crippen molar-refractivity contribution in [1.82, 2.24) is 0 Å². The van der Waals surface area contributed by atoms with Gasteiger partial charge in [-0.2, -0.15) is 0 Å². The Bertz CT molecular complexity index is 148. The van der Waals surface area contributed by atoms with Gasteiger partial charge in [-0.1, -0.05) is 17.7 Å². The van der Waals surface area contributed by atoms with E-state index in [-0.39, 0.29) is 17.1 Å². The fourth-order valence-electron chi connectivity index (χ4n) is 0.545. The second kappa shape index (κ2) is 3.54. The van der Waals surface area contributed by atoms with E-state index in [0.717, 1.165) is 0 Å². The van der Waals surface area contributed by atoms with Gasteiger partial charge >= 0.3 is 0 Å². The van der Waals surface area contributed by atoms with Gasteiger partial charge in [-0.25, -0.2) is 0 Å². The molecule has 0 fully saturated rings. The number of aryl methyl sites for hydroxylation is 1. The van der Waals surface area contributed by atoms with Crippen LogP contribution in [-0.4, -0.2) is 5.11 Å². The SMILES string of the molecule is Cc1ccc(O)cc1.[Cu]. The van der Waals surface area contributed by atoms with Crippen molar-refractivity contribution in [2.45, 2.75) is 6.92 Å². The van der Waals surface area contributed by atoms with Crippen LogP contribution in [0.2, 0.25) is 0 Å². The summed E-state index contributed by atoms with van der Waals surface area (Å²) in [5.41, 5.74) is 1.17. The minimum atomic E-state index is 0. The first-order valence-electron chi connectivity index (χ1n) is 2.54. The van der Waals surface area contributed by atoms with E-state index < -0.39 is 0 Å². The molecule has 1 radical (unpaired) electrons. The third kappa shape index (κ3) is 2.54. The van der Waals surface area contributed by atoms with Crippen LogP contribution in [0.4, 0.5) is 0 Å². The number of phenolic OH excluding ortho intramolecular Hbond substituents is 1. The van der Waals surface area contributed by atoms with Crippen LogP contribution in [0.15, 0.2) is 24.3 Å². The summed E-state index contributed by atoms with van der Waals surface area (Å²) < 4.78 is 0. The first-order chi connectivity index (χ1) is 3.79. The maximum Gasteiger partial charge on any atom is 0.115 e. The molecule has 1 aromatic carbocycles. The summed E-state index contributed by atoms with van der Waals surface area (Å²) in [6.07, 6.45) is 0. The van der Waals surface area contributed by atoms with Gasteiger partial charge in [0.25, 0.3) is 0 Å². The fraction of sp³-hybridized carbons (Fsp3) is 0.143. The number of hydrogen-bond acceptors (Lipinski definition) is 1. The van der Waals surface area contributed by atoms with Crippen LogP contribution in [0.3, 0.4) is 0 Å². The Morgan fingerprint density at radius 2 is 1.56 bits per heavy atom. The molecule has 0 aliphatic heterocycles. The van der Waals surface area contributed by atoms with E-state index in [0.29, 0.717) is 5.75 Å². The standard InChI is InChI=1S/C7H8O.Cu/c1-6-2-4-7(8)5-3-6;/h2-5,8H,1H3;. The van der Waals surface area contributed by atoms with Crippen LogP contribution in [0.5, 0.6) is 5.75 Å². The van der Waals surface area contributed by atoms with Crippen LogP contribution < -0.4 is 0 Å². The maximum absolute atomic E-state index is 8.76. The smallest absolute Gasteiger partial charge is 0.115 e. The number of rotatable bonds is 0. The molecule has 0 bridgehead atoms. The minimum Gasteiger partial charge on any atom is -0.508 e. The summed E-state index contributed by atoms with van der Waals surface area (Å²) in [5.74, 6) is 0.329. The largest absolute Gasteiger partial charge is 0.508 e. The zero-order valence-electron chi connectivity index (χ0n) is 5.06. The molecule has 1 rings (SSSR count). The van der Waals surface area contributed by atoms with Crippen LogP contribution in [0.25, 0.3) is 0 Å². The Labute approximate surface area is 65.2 Å². The predicted molar refractivity (Wildman–Crippen MR) is 32.8 cm³/mol. The van der Waals surface area contributed by atoms with E-state index >= 15 is 0 Å². The van der Waals surface area contributed by atoms with Gasteiger partial charge in [0.05, 0.1) is 0 Å². The normalized spacial score (nSPS) is 8.11. The summed E-state index contributed by atoms with van der Waals surface area (Å²) >= 11 is 0. The van der Waals surface area contributed by atoms with Gasteiger partial charge < -0.3 is 5.11 Å². The van der Waals surface area contributed by atoms with Gasteiger partial charge in [0, 0.05) is 17.1 Å². The summed E-state index contributed by atoms with van der Waals surface area (Å²) in [6.45, 7) is 1.99. The third-order valence-corrected chi connectivity index (χ3v) is 1.03. The monoisotopic (exact) mass is 171 g/mol. The Morgan fingerprint density at radius 1 is 1.11 bits per heavy atom. The average molecular weight is 172 g/mol. The minimum absolute atomic E-state index is 0. The molecule has 1 nitrogen and oxygen atoms in total. The van der Waals surface area contributed by atoms with Crippen molar-refractivity contribution in [3.05, 3.63) is 29.8 Å². The molecule has 0 saturated heterocycles. The number of phenols is 1. The Morgan fingerprint density at radius 3 is 1.89 bits per heavy atom. The van der Waals surface area contributed by atoms with Crippen molar-refractivity contribution >= 4 is 0 Å². The molecular weight excluding hydrogens is 164 g/mol. The molecule has 0 spiro atoms. The van der Waals surface area contributed by atoms with Gasteiger partial charge in [-0.3, -0.25) is 0 Å². The van der Waals surface area contributed by atoms with Crippen LogP contribution in [0.1, 0.15) is 5.56 Å². The Hall–Kier alpha value is -0.461. The molecular formula is C7H8CuO. The zero-order chi connectivity index (χ0) is 5.98. The fourth-order valence-corrected chi connectivity index (χ4v) is 0.545. The van der Waals surface area contributed by atoms with E-state index in [1.54, 1.807) is 12.1 Å². The second-order valence-electron chi connectivity index (χ2n) is 1.84. The molecule has 9 heavy (non-hydrogen) atoms. The molecule has 0 heterocycles. The molecule has 1 N–H and O–H groups in total. The van der Waals surface area contributed by atoms with Gasteiger partial charge in [-0.15, -0.1) is 0 Å². The van der Waals surface area contributed by atoms with Crippen LogP contribution in [-0.2, 0) is 17.1 Å². The van der Waals surface area contributed by atoms with Gasteiger partial charge in [0.1, 0.15) is 5.75 Å². The molecule has 0 amide bonds. The molecule has 0 unspecified atom stereocenters. The Kier molecular flexibility index (Phi) is 3.36. The summed E-state index contributed by atoms with van der Waals surface area (Å²) in [7, 11) is 0. The number of hydrogen-bond donors (Lipinski definition) is 1. The van der Waals surface area contributed by atoms with Crippen molar-refractivity contribution in [3.63, 3.8) is 0 Å². The van der Waals surface area contributed by atoms with Crippen molar-refractivity contribution < 1.29 is 22.2 Å². The summed E-state index contributed by atoms with van der Waals surface area (Å²) in [6, 6.07) is 7.09. The zero-order valence-corrected chi connectivity index (χ0v) is 6.00. The molecule has 0 aromatic heterocycles. The number of aromatic hydroxyl groups is 1. The van der Waals surface area contributed by atoms with E-state index in [2.05, 4.69) is 0 Å². The number of benzene rings is 1. The van der Waals surface area contributed by atoms with Crippen molar-refractivity contribution in [3.8, 4) is 5.75 Å². The third-order valence-electron chi connectivity index (χ3n) is 1.03. The maximum atomic E-state index is 8.76. The Balaban J connectivity index is 0.000000640. The molecule has 0 saturated carbocycles. The summed E-state index contributed by atoms with van der Waals surface area (Å²) in [5, 5.41) is 8.76. The van der Waals surface area contributed by atoms with Crippen LogP contribution >= 0.6 is 0 Å². The molecule has 0 aliphatic rings. The molecule has 1 aromatic rings. The molecule has 2 heteroatoms. The van der Waals surface area contributed by atoms with E-state index in [1.165, 1.54) is 5.56 Å². The van der Waals surface area contributed by atoms with Gasteiger partial charge in [0.2, 0.25) is 0 Å². The van der Waals surface area contributed by atoms with Crippen molar-refractivity contribution in [1.29, 1.82) is 0 Å². The van der Waals surface area contributed by atoms with E-state index in [4.69, 9.17) is 5.11 Å². The first kappa shape index (κ1) is 8.54. The van der Waals surface area contributed by atoms with E-state index in [1.807, 2.05) is 19.1 Å². The molecule has 0 aliphatic carbocycles. The predicted octanol–water partition coefficient (Wildman–Crippen LogP) is 1.70.